The van der Waals surface area contributed by atoms with Gasteiger partial charge in [0.1, 0.15) is 31.7 Å². The van der Waals surface area contributed by atoms with E-state index in [1.54, 1.807) is 44.1 Å². The third kappa shape index (κ3) is 5.70. The zero-order valence-electron chi connectivity index (χ0n) is 22.1. The molecule has 2 atom stereocenters. The number of carbonyl (C=O) groups excluding carboxylic acids is 1. The zero-order chi connectivity index (χ0) is 28.8. The summed E-state index contributed by atoms with van der Waals surface area (Å²) in [4.78, 5) is 17.5. The lowest BCUT2D eigenvalue weighted by Crippen LogP contribution is -2.53. The number of aliphatic hydroxyl groups is 1. The summed E-state index contributed by atoms with van der Waals surface area (Å²) in [5.41, 5.74) is 0.715. The van der Waals surface area contributed by atoms with E-state index in [1.807, 2.05) is 24.3 Å². The van der Waals surface area contributed by atoms with Crippen LogP contribution in [0.25, 0.3) is 0 Å². The number of hydrogen-bond donors (Lipinski definition) is 2. The number of nitrogens with zero attached hydrogens (tertiary/aromatic N) is 2. The Labute approximate surface area is 250 Å². The molecule has 1 aromatic heterocycles. The maximum Gasteiger partial charge on any atom is 0.253 e. The smallest absolute Gasteiger partial charge is 0.253 e. The molecule has 3 aromatic rings. The quantitative estimate of drug-likeness (QED) is 0.392. The van der Waals surface area contributed by atoms with Crippen LogP contribution in [0.15, 0.2) is 57.2 Å². The summed E-state index contributed by atoms with van der Waals surface area (Å²) in [6.07, 6.45) is -1.23. The van der Waals surface area contributed by atoms with Crippen LogP contribution in [0.2, 0.25) is 4.34 Å². The second kappa shape index (κ2) is 11.1. The molecule has 2 aliphatic rings. The second-order valence-corrected chi connectivity index (χ2v) is 14.6. The van der Waals surface area contributed by atoms with Crippen LogP contribution < -0.4 is 19.1 Å². The number of methoxy groups -OCH3 is 1. The first-order valence-corrected chi connectivity index (χ1v) is 16.0. The SMILES string of the molecule is COc1cccc(N2CCN(C(=O)c3ccc4c(c3)[C@@H](NS(=O)(=O)c3cc(Br)c(Cl)s3)[C@H](O)C(C)(C)O4)CC2)c1. The standard InChI is InChI=1S/C27H29BrClN3O6S2/c1-27(2)24(33)23(30-40(35,36)22-15-20(28)25(29)39-22)19-13-16(7-8-21(19)38-27)26(34)32-11-9-31(10-12-32)17-5-4-6-18(14-17)37-3/h4-8,13-15,23-24,30,33H,9-12H2,1-3H3/t23-,24+/m1/s1. The Balaban J connectivity index is 1.38. The Bertz CT molecular complexity index is 1520. The van der Waals surface area contributed by atoms with E-state index in [9.17, 15) is 18.3 Å². The molecule has 0 aliphatic carbocycles. The Morgan fingerprint density at radius 3 is 2.55 bits per heavy atom. The molecule has 0 saturated carbocycles. The van der Waals surface area contributed by atoms with Gasteiger partial charge in [0.25, 0.3) is 15.9 Å². The number of fused-ring (bicyclic) bond motifs is 1. The normalized spacial score (nSPS) is 20.6. The highest BCUT2D eigenvalue weighted by Crippen LogP contribution is 2.42. The fraction of sp³-hybridized carbons (Fsp3) is 0.370. The van der Waals surface area contributed by atoms with Crippen molar-refractivity contribution in [2.45, 2.75) is 35.8 Å². The van der Waals surface area contributed by atoms with Gasteiger partial charge in [0, 0.05) is 53.5 Å². The van der Waals surface area contributed by atoms with E-state index in [1.165, 1.54) is 6.07 Å². The molecule has 1 saturated heterocycles. The van der Waals surface area contributed by atoms with E-state index in [2.05, 4.69) is 25.6 Å². The zero-order valence-corrected chi connectivity index (χ0v) is 26.0. The number of rotatable bonds is 6. The number of thiophene rings is 1. The highest BCUT2D eigenvalue weighted by Gasteiger charge is 2.45. The third-order valence-electron chi connectivity index (χ3n) is 7.15. The molecule has 0 radical (unpaired) electrons. The topological polar surface area (TPSA) is 108 Å². The van der Waals surface area contributed by atoms with Crippen molar-refractivity contribution in [3.63, 3.8) is 0 Å². The van der Waals surface area contributed by atoms with E-state index in [4.69, 9.17) is 21.1 Å². The summed E-state index contributed by atoms with van der Waals surface area (Å²) in [5.74, 6) is 0.994. The molecule has 214 valence electrons. The fourth-order valence-corrected chi connectivity index (χ4v) is 8.44. The maximum atomic E-state index is 13.5. The first kappa shape index (κ1) is 29.2. The lowest BCUT2D eigenvalue weighted by Gasteiger charge is -2.42. The summed E-state index contributed by atoms with van der Waals surface area (Å²) in [6.45, 7) is 5.71. The first-order valence-electron chi connectivity index (χ1n) is 12.6. The summed E-state index contributed by atoms with van der Waals surface area (Å²) >= 11 is 10.2. The first-order chi connectivity index (χ1) is 18.9. The molecule has 2 aliphatic heterocycles. The van der Waals surface area contributed by atoms with Crippen LogP contribution in [0.4, 0.5) is 5.69 Å². The van der Waals surface area contributed by atoms with Crippen molar-refractivity contribution in [3.05, 3.63) is 68.5 Å². The minimum absolute atomic E-state index is 0.00330. The van der Waals surface area contributed by atoms with E-state index in [-0.39, 0.29) is 10.1 Å². The van der Waals surface area contributed by atoms with Gasteiger partial charge >= 0.3 is 0 Å². The molecule has 13 heteroatoms. The lowest BCUT2D eigenvalue weighted by atomic mass is 9.86. The van der Waals surface area contributed by atoms with Crippen molar-refractivity contribution in [3.8, 4) is 11.5 Å². The Hall–Kier alpha value is -2.35. The van der Waals surface area contributed by atoms with Gasteiger partial charge in [-0.25, -0.2) is 13.1 Å². The molecule has 1 fully saturated rings. The Kier molecular flexibility index (Phi) is 8.12. The van der Waals surface area contributed by atoms with Crippen LogP contribution in [0, 0.1) is 0 Å². The van der Waals surface area contributed by atoms with Crippen molar-refractivity contribution in [2.24, 2.45) is 0 Å². The molecule has 1 amide bonds. The summed E-state index contributed by atoms with van der Waals surface area (Å²) in [6, 6.07) is 13.1. The van der Waals surface area contributed by atoms with Crippen LogP contribution in [0.1, 0.15) is 35.8 Å². The molecule has 9 nitrogen and oxygen atoms in total. The van der Waals surface area contributed by atoms with Gasteiger partial charge in [-0.05, 0) is 66.2 Å². The maximum absolute atomic E-state index is 13.5. The number of aliphatic hydroxyl groups excluding tert-OH is 1. The number of nitrogens with one attached hydrogen (secondary N) is 1. The number of ether oxygens (including phenoxy) is 2. The summed E-state index contributed by atoms with van der Waals surface area (Å²) < 4.78 is 41.3. The molecule has 3 heterocycles. The molecule has 40 heavy (non-hydrogen) atoms. The third-order valence-corrected chi connectivity index (χ3v) is 11.5. The molecule has 2 N–H and O–H groups in total. The number of benzene rings is 2. The highest BCUT2D eigenvalue weighted by molar-refractivity contribution is 9.10. The van der Waals surface area contributed by atoms with E-state index in [0.29, 0.717) is 51.9 Å². The molecule has 2 aromatic carbocycles. The molecule has 0 bridgehead atoms. The van der Waals surface area contributed by atoms with Crippen LogP contribution in [0.5, 0.6) is 11.5 Å². The lowest BCUT2D eigenvalue weighted by molar-refractivity contribution is -0.0603. The van der Waals surface area contributed by atoms with Gasteiger partial charge in [-0.15, -0.1) is 11.3 Å². The summed E-state index contributed by atoms with van der Waals surface area (Å²) in [5, 5.41) is 11.2. The second-order valence-electron chi connectivity index (χ2n) is 10.2. The van der Waals surface area contributed by atoms with Crippen molar-refractivity contribution >= 4 is 60.5 Å². The van der Waals surface area contributed by atoms with E-state index >= 15 is 0 Å². The number of anilines is 1. The van der Waals surface area contributed by atoms with Crippen molar-refractivity contribution in [1.29, 1.82) is 0 Å². The Morgan fingerprint density at radius 1 is 1.18 bits per heavy atom. The average Bonchev–Trinajstić information content (AvgIpc) is 3.29. The van der Waals surface area contributed by atoms with E-state index < -0.39 is 27.8 Å². The van der Waals surface area contributed by atoms with Crippen molar-refractivity contribution in [2.75, 3.05) is 38.2 Å². The van der Waals surface area contributed by atoms with Gasteiger partial charge in [-0.2, -0.15) is 0 Å². The van der Waals surface area contributed by atoms with Gasteiger partial charge in [-0.3, -0.25) is 4.79 Å². The predicted molar refractivity (Wildman–Crippen MR) is 158 cm³/mol. The minimum atomic E-state index is -4.05. The van der Waals surface area contributed by atoms with E-state index in [0.717, 1.165) is 22.8 Å². The fourth-order valence-electron chi connectivity index (χ4n) is 4.90. The number of halogens is 2. The van der Waals surface area contributed by atoms with Gasteiger partial charge in [0.2, 0.25) is 0 Å². The molecule has 0 spiro atoms. The monoisotopic (exact) mass is 669 g/mol. The number of carbonyl (C=O) groups is 1. The number of sulfonamides is 1. The number of amides is 1. The largest absolute Gasteiger partial charge is 0.497 e. The highest BCUT2D eigenvalue weighted by atomic mass is 79.9. The Morgan fingerprint density at radius 2 is 1.90 bits per heavy atom. The molecule has 0 unspecified atom stereocenters. The number of piperazine rings is 1. The van der Waals surface area contributed by atoms with Crippen LogP contribution in [-0.2, 0) is 10.0 Å². The van der Waals surface area contributed by atoms with Crippen molar-refractivity contribution < 1.29 is 27.8 Å². The molecular weight excluding hydrogens is 642 g/mol. The van der Waals surface area contributed by atoms with Crippen molar-refractivity contribution in [1.82, 2.24) is 9.62 Å². The van der Waals surface area contributed by atoms with Gasteiger partial charge in [0.05, 0.1) is 13.2 Å². The molecular formula is C27H29BrClN3O6S2. The van der Waals surface area contributed by atoms with Crippen LogP contribution >= 0.6 is 38.9 Å². The van der Waals surface area contributed by atoms with Crippen LogP contribution in [-0.4, -0.2) is 69.3 Å². The summed E-state index contributed by atoms with van der Waals surface area (Å²) in [7, 11) is -2.42. The minimum Gasteiger partial charge on any atom is -0.497 e. The predicted octanol–water partition coefficient (Wildman–Crippen LogP) is 4.69. The average molecular weight is 671 g/mol. The van der Waals surface area contributed by atoms with Crippen LogP contribution in [0.3, 0.4) is 0 Å². The van der Waals surface area contributed by atoms with Gasteiger partial charge in [0.15, 0.2) is 0 Å². The van der Waals surface area contributed by atoms with Gasteiger partial charge in [-0.1, -0.05) is 17.7 Å². The number of hydrogen-bond acceptors (Lipinski definition) is 8. The van der Waals surface area contributed by atoms with Gasteiger partial charge < -0.3 is 24.4 Å². The molecule has 5 rings (SSSR count).